The fourth-order valence-corrected chi connectivity index (χ4v) is 1.17. The van der Waals surface area contributed by atoms with Crippen LogP contribution in [0.5, 0.6) is 0 Å². The smallest absolute Gasteiger partial charge is 0.253 e. The molecule has 0 saturated heterocycles. The maximum atomic E-state index is 11.4. The van der Waals surface area contributed by atoms with Crippen molar-refractivity contribution in [3.63, 3.8) is 0 Å². The number of nitrogens with one attached hydrogen (secondary N) is 1. The van der Waals surface area contributed by atoms with E-state index in [1.54, 1.807) is 6.20 Å². The van der Waals surface area contributed by atoms with Gasteiger partial charge in [0.2, 0.25) is 5.89 Å². The lowest BCUT2D eigenvalue weighted by atomic mass is 10.3. The first-order valence-corrected chi connectivity index (χ1v) is 4.51. The fourth-order valence-electron chi connectivity index (χ4n) is 1.17. The van der Waals surface area contributed by atoms with Crippen LogP contribution in [0.1, 0.15) is 5.89 Å². The van der Waals surface area contributed by atoms with Crippen LogP contribution in [-0.2, 0) is 6.42 Å². The second-order valence-corrected chi connectivity index (χ2v) is 2.96. The molecule has 2 rings (SSSR count). The first-order valence-electron chi connectivity index (χ1n) is 4.51. The molecule has 0 aromatic carbocycles. The highest BCUT2D eigenvalue weighted by atomic mass is 16.4. The molecule has 0 aliphatic carbocycles. The Labute approximate surface area is 85.1 Å². The number of aromatic nitrogens is 3. The molecular formula is C9H10N4O2. The highest BCUT2D eigenvalue weighted by molar-refractivity contribution is 5.49. The number of rotatable bonds is 3. The Morgan fingerprint density at radius 1 is 1.47 bits per heavy atom. The SMILES string of the molecule is NCCc1nnc(-c2c[nH]ccc2=O)o1. The monoisotopic (exact) mass is 206 g/mol. The highest BCUT2D eigenvalue weighted by Gasteiger charge is 2.10. The minimum Gasteiger partial charge on any atom is -0.420 e. The van der Waals surface area contributed by atoms with Gasteiger partial charge >= 0.3 is 0 Å². The minimum absolute atomic E-state index is 0.156. The molecule has 0 spiro atoms. The number of aromatic amines is 1. The molecule has 2 aromatic heterocycles. The van der Waals surface area contributed by atoms with Gasteiger partial charge in [-0.25, -0.2) is 0 Å². The Kier molecular flexibility index (Phi) is 2.59. The lowest BCUT2D eigenvalue weighted by Crippen LogP contribution is -2.03. The first kappa shape index (κ1) is 9.60. The first-order chi connectivity index (χ1) is 7.31. The molecule has 15 heavy (non-hydrogen) atoms. The molecule has 0 saturated carbocycles. The Hall–Kier alpha value is -1.95. The van der Waals surface area contributed by atoms with Crippen molar-refractivity contribution in [1.29, 1.82) is 0 Å². The third-order valence-corrected chi connectivity index (χ3v) is 1.88. The van der Waals surface area contributed by atoms with Crippen molar-refractivity contribution in [3.05, 3.63) is 34.6 Å². The van der Waals surface area contributed by atoms with E-state index in [2.05, 4.69) is 15.2 Å². The van der Waals surface area contributed by atoms with E-state index >= 15 is 0 Å². The van der Waals surface area contributed by atoms with Crippen molar-refractivity contribution in [2.24, 2.45) is 5.73 Å². The average molecular weight is 206 g/mol. The van der Waals surface area contributed by atoms with E-state index < -0.39 is 0 Å². The Balaban J connectivity index is 2.38. The van der Waals surface area contributed by atoms with Gasteiger partial charge in [-0.2, -0.15) is 0 Å². The van der Waals surface area contributed by atoms with Gasteiger partial charge in [0, 0.05) is 31.4 Å². The maximum Gasteiger partial charge on any atom is 0.253 e. The van der Waals surface area contributed by atoms with Gasteiger partial charge < -0.3 is 15.1 Å². The van der Waals surface area contributed by atoms with E-state index in [1.807, 2.05) is 0 Å². The summed E-state index contributed by atoms with van der Waals surface area (Å²) >= 11 is 0. The summed E-state index contributed by atoms with van der Waals surface area (Å²) in [6, 6.07) is 1.40. The van der Waals surface area contributed by atoms with Crippen LogP contribution >= 0.6 is 0 Å². The Morgan fingerprint density at radius 3 is 3.07 bits per heavy atom. The van der Waals surface area contributed by atoms with E-state index in [1.165, 1.54) is 12.3 Å². The van der Waals surface area contributed by atoms with Crippen LogP contribution in [0.15, 0.2) is 27.7 Å². The van der Waals surface area contributed by atoms with Gasteiger partial charge in [0.25, 0.3) is 5.89 Å². The van der Waals surface area contributed by atoms with Gasteiger partial charge in [0.05, 0.1) is 0 Å². The quantitative estimate of drug-likeness (QED) is 0.732. The number of H-pyrrole nitrogens is 1. The Morgan fingerprint density at radius 2 is 2.33 bits per heavy atom. The fraction of sp³-hybridized carbons (Fsp3) is 0.222. The van der Waals surface area contributed by atoms with Gasteiger partial charge in [-0.3, -0.25) is 4.79 Å². The maximum absolute atomic E-state index is 11.4. The molecule has 0 amide bonds. The van der Waals surface area contributed by atoms with Crippen LogP contribution in [0.25, 0.3) is 11.5 Å². The molecule has 0 aliphatic heterocycles. The normalized spacial score (nSPS) is 10.5. The molecule has 2 heterocycles. The molecule has 0 aliphatic rings. The molecule has 3 N–H and O–H groups in total. The van der Waals surface area contributed by atoms with E-state index in [0.29, 0.717) is 24.4 Å². The molecular weight excluding hydrogens is 196 g/mol. The molecule has 0 unspecified atom stereocenters. The van der Waals surface area contributed by atoms with Gasteiger partial charge in [-0.1, -0.05) is 0 Å². The van der Waals surface area contributed by atoms with Crippen LogP contribution < -0.4 is 11.2 Å². The molecule has 6 heteroatoms. The molecule has 0 atom stereocenters. The van der Waals surface area contributed by atoms with E-state index in [4.69, 9.17) is 10.2 Å². The third kappa shape index (κ3) is 1.94. The van der Waals surface area contributed by atoms with Crippen molar-refractivity contribution >= 4 is 0 Å². The zero-order chi connectivity index (χ0) is 10.7. The summed E-state index contributed by atoms with van der Waals surface area (Å²) in [7, 11) is 0. The van der Waals surface area contributed by atoms with Gasteiger partial charge in [0.1, 0.15) is 5.56 Å². The van der Waals surface area contributed by atoms with Crippen molar-refractivity contribution < 1.29 is 4.42 Å². The van der Waals surface area contributed by atoms with Gasteiger partial charge in [-0.15, -0.1) is 10.2 Å². The third-order valence-electron chi connectivity index (χ3n) is 1.88. The molecule has 0 radical (unpaired) electrons. The van der Waals surface area contributed by atoms with Crippen LogP contribution in [-0.4, -0.2) is 21.7 Å². The predicted molar refractivity (Wildman–Crippen MR) is 53.1 cm³/mol. The summed E-state index contributed by atoms with van der Waals surface area (Å²) in [5, 5.41) is 7.55. The summed E-state index contributed by atoms with van der Waals surface area (Å²) in [5.74, 6) is 0.663. The standard InChI is InChI=1S/C9H10N4O2/c10-3-1-8-12-13-9(15-8)6-5-11-4-2-7(6)14/h2,4-5H,1,3,10H2,(H,11,14). The summed E-state index contributed by atoms with van der Waals surface area (Å²) in [5.41, 5.74) is 5.56. The number of hydrogen-bond acceptors (Lipinski definition) is 5. The largest absolute Gasteiger partial charge is 0.420 e. The number of hydrogen-bond donors (Lipinski definition) is 2. The van der Waals surface area contributed by atoms with Crippen LogP contribution in [0.3, 0.4) is 0 Å². The zero-order valence-electron chi connectivity index (χ0n) is 7.93. The van der Waals surface area contributed by atoms with E-state index in [-0.39, 0.29) is 11.3 Å². The van der Waals surface area contributed by atoms with Crippen LogP contribution in [0.4, 0.5) is 0 Å². The highest BCUT2D eigenvalue weighted by Crippen LogP contribution is 2.11. The van der Waals surface area contributed by atoms with Crippen LogP contribution in [0, 0.1) is 0 Å². The number of pyridine rings is 1. The average Bonchev–Trinajstić information content (AvgIpc) is 2.68. The zero-order valence-corrected chi connectivity index (χ0v) is 7.93. The Bertz CT molecular complexity index is 503. The molecule has 2 aromatic rings. The summed E-state index contributed by atoms with van der Waals surface area (Å²) in [6.45, 7) is 0.437. The number of nitrogens with two attached hydrogens (primary N) is 1. The van der Waals surface area contributed by atoms with Crippen molar-refractivity contribution in [2.75, 3.05) is 6.54 Å². The van der Waals surface area contributed by atoms with E-state index in [9.17, 15) is 4.79 Å². The van der Waals surface area contributed by atoms with Gasteiger partial charge in [0.15, 0.2) is 5.43 Å². The molecule has 78 valence electrons. The van der Waals surface area contributed by atoms with Crippen molar-refractivity contribution in [2.45, 2.75) is 6.42 Å². The second kappa shape index (κ2) is 4.05. The van der Waals surface area contributed by atoms with Crippen LogP contribution in [0.2, 0.25) is 0 Å². The van der Waals surface area contributed by atoms with Crippen molar-refractivity contribution in [1.82, 2.24) is 15.2 Å². The summed E-state index contributed by atoms with van der Waals surface area (Å²) < 4.78 is 5.27. The second-order valence-electron chi connectivity index (χ2n) is 2.96. The van der Waals surface area contributed by atoms with E-state index in [0.717, 1.165) is 0 Å². The predicted octanol–water partition coefficient (Wildman–Crippen LogP) is -0.0739. The summed E-state index contributed by atoms with van der Waals surface area (Å²) in [6.07, 6.45) is 3.59. The topological polar surface area (TPSA) is 97.8 Å². The van der Waals surface area contributed by atoms with Crippen molar-refractivity contribution in [3.8, 4) is 11.5 Å². The van der Waals surface area contributed by atoms with Gasteiger partial charge in [-0.05, 0) is 0 Å². The minimum atomic E-state index is -0.156. The lowest BCUT2D eigenvalue weighted by Gasteiger charge is -1.91. The lowest BCUT2D eigenvalue weighted by molar-refractivity contribution is 0.506. The number of nitrogens with zero attached hydrogens (tertiary/aromatic N) is 2. The summed E-state index contributed by atoms with van der Waals surface area (Å²) in [4.78, 5) is 14.2. The molecule has 0 fully saturated rings. The molecule has 6 nitrogen and oxygen atoms in total. The molecule has 0 bridgehead atoms.